The van der Waals surface area contributed by atoms with Gasteiger partial charge in [0, 0.05) is 57.1 Å². The maximum atomic E-state index is 13.3. The third-order valence-corrected chi connectivity index (χ3v) is 9.87. The smallest absolute Gasteiger partial charge is 0.449 e. The number of nitrogens with one attached hydrogen (secondary N) is 4. The molecule has 5 heterocycles. The van der Waals surface area contributed by atoms with Gasteiger partial charge >= 0.3 is 18.2 Å². The lowest BCUT2D eigenvalue weighted by Crippen LogP contribution is -2.46. The highest BCUT2D eigenvalue weighted by molar-refractivity contribution is 5.85. The van der Waals surface area contributed by atoms with Gasteiger partial charge in [0.25, 0.3) is 5.91 Å². The zero-order valence-electron chi connectivity index (χ0n) is 31.2. The zero-order chi connectivity index (χ0) is 40.8. The number of aliphatic hydroxyl groups is 1. The molecule has 3 amide bonds. The second-order valence-electron chi connectivity index (χ2n) is 13.8. The van der Waals surface area contributed by atoms with Gasteiger partial charge in [-0.05, 0) is 42.2 Å². The molecule has 0 radical (unpaired) electrons. The number of hydrogen-bond donors (Lipinski definition) is 5. The highest BCUT2D eigenvalue weighted by atomic mass is 19.4. The van der Waals surface area contributed by atoms with E-state index in [9.17, 15) is 32.7 Å². The Kier molecular flexibility index (Phi) is 12.0. The van der Waals surface area contributed by atoms with Crippen molar-refractivity contribution in [1.82, 2.24) is 40.5 Å². The van der Waals surface area contributed by atoms with Crippen molar-refractivity contribution >= 4 is 40.8 Å². The van der Waals surface area contributed by atoms with Gasteiger partial charge in [-0.3, -0.25) is 14.3 Å². The van der Waals surface area contributed by atoms with Crippen LogP contribution in [0.1, 0.15) is 42.2 Å². The topological polar surface area (TPSA) is 198 Å². The Morgan fingerprint density at radius 2 is 1.67 bits per heavy atom. The number of aliphatic hydroxyl groups excluding tert-OH is 1. The predicted molar refractivity (Wildman–Crippen MR) is 203 cm³/mol. The van der Waals surface area contributed by atoms with Gasteiger partial charge in [0.2, 0.25) is 5.95 Å². The number of carbonyl (C=O) groups excluding carboxylic acids is 3. The fourth-order valence-electron chi connectivity index (χ4n) is 7.02. The van der Waals surface area contributed by atoms with Crippen LogP contribution in [0.25, 0.3) is 11.2 Å². The van der Waals surface area contributed by atoms with Crippen LogP contribution in [0.3, 0.4) is 0 Å². The Hall–Kier alpha value is -6.34. The number of carbonyl (C=O) groups is 3. The molecule has 16 nitrogen and oxygen atoms in total. The minimum Gasteiger partial charge on any atom is -0.449 e. The summed E-state index contributed by atoms with van der Waals surface area (Å²) in [7, 11) is 0. The number of anilines is 2. The largest absolute Gasteiger partial charge is 0.490 e. The van der Waals surface area contributed by atoms with Gasteiger partial charge < -0.3 is 40.7 Å². The number of hydrogen-bond acceptors (Lipinski definition) is 12. The molecule has 2 aliphatic rings. The molecule has 0 spiro atoms. The maximum Gasteiger partial charge on any atom is 0.490 e. The molecule has 7 rings (SSSR count). The molecule has 0 aliphatic carbocycles. The lowest BCUT2D eigenvalue weighted by atomic mass is 9.91. The van der Waals surface area contributed by atoms with E-state index in [0.717, 1.165) is 16.7 Å². The first kappa shape index (κ1) is 39.9. The van der Waals surface area contributed by atoms with Crippen LogP contribution < -0.4 is 26.2 Å². The highest BCUT2D eigenvalue weighted by Gasteiger charge is 2.54. The molecular weight excluding hydrogens is 761 g/mol. The van der Waals surface area contributed by atoms with Gasteiger partial charge in [-0.1, -0.05) is 60.7 Å². The number of rotatable bonds is 13. The van der Waals surface area contributed by atoms with Crippen molar-refractivity contribution in [2.24, 2.45) is 0 Å². The number of alkyl halides is 3. The monoisotopic (exact) mass is 802 g/mol. The van der Waals surface area contributed by atoms with E-state index in [-0.39, 0.29) is 41.6 Å². The van der Waals surface area contributed by atoms with E-state index in [0.29, 0.717) is 38.4 Å². The molecule has 5 aromatic rings. The molecule has 2 saturated heterocycles. The highest BCUT2D eigenvalue weighted by Crippen LogP contribution is 2.37. The SMILES string of the molecule is CCNC(=O)[C@H]1O[C@@H](n2cnc3c(NCC(c4ccccc4)c4ccccc4)nc(N4CC[C@@H](NC(=O)NCc5ccncc5)C4)nc32)[C@H](O)[C@@H]1OC(=O)C(F)(F)F. The summed E-state index contributed by atoms with van der Waals surface area (Å²) in [5.41, 5.74) is 3.29. The Morgan fingerprint density at radius 3 is 2.33 bits per heavy atom. The first-order valence-electron chi connectivity index (χ1n) is 18.7. The second kappa shape index (κ2) is 17.4. The molecule has 58 heavy (non-hydrogen) atoms. The lowest BCUT2D eigenvalue weighted by Gasteiger charge is -2.22. The quantitative estimate of drug-likeness (QED) is 0.109. The van der Waals surface area contributed by atoms with Crippen LogP contribution in [0.5, 0.6) is 0 Å². The van der Waals surface area contributed by atoms with Crippen LogP contribution in [-0.4, -0.2) is 104 Å². The number of halogens is 3. The van der Waals surface area contributed by atoms with Crippen molar-refractivity contribution in [1.29, 1.82) is 0 Å². The Morgan fingerprint density at radius 1 is 0.983 bits per heavy atom. The van der Waals surface area contributed by atoms with Crippen LogP contribution in [-0.2, 0) is 25.6 Å². The summed E-state index contributed by atoms with van der Waals surface area (Å²) < 4.78 is 51.7. The van der Waals surface area contributed by atoms with Gasteiger partial charge in [-0.15, -0.1) is 0 Å². The van der Waals surface area contributed by atoms with Gasteiger partial charge in [0.05, 0.1) is 6.33 Å². The van der Waals surface area contributed by atoms with Crippen molar-refractivity contribution < 1.29 is 42.1 Å². The maximum absolute atomic E-state index is 13.3. The van der Waals surface area contributed by atoms with E-state index in [1.807, 2.05) is 65.6 Å². The first-order valence-corrected chi connectivity index (χ1v) is 18.7. The zero-order valence-corrected chi connectivity index (χ0v) is 31.2. The molecule has 3 aromatic heterocycles. The Labute approximate surface area is 330 Å². The van der Waals surface area contributed by atoms with E-state index in [1.165, 1.54) is 10.9 Å². The number of benzene rings is 2. The molecule has 0 bridgehead atoms. The molecule has 5 atom stereocenters. The standard InChI is InChI=1S/C39H41F3N10O6/c1-2-44-34(54)31-30(58-36(55)39(40,41)42)29(53)35(57-31)52-22-47-28-32(45-20-27(24-9-5-3-6-10-24)25-11-7-4-8-12-25)49-37(50-33(28)52)51-18-15-26(21-51)48-38(56)46-19-23-13-16-43-17-14-23/h3-14,16-17,22,26-27,29-31,35,53H,2,15,18-21H2,1H3,(H,44,54)(H,45,49,50)(H2,46,48,56)/t26-,29-,30+,31+,35-/m1/s1. The summed E-state index contributed by atoms with van der Waals surface area (Å²) in [4.78, 5) is 57.7. The third kappa shape index (κ3) is 8.94. The van der Waals surface area contributed by atoms with Crippen molar-refractivity contribution in [2.45, 2.75) is 62.6 Å². The van der Waals surface area contributed by atoms with E-state index >= 15 is 0 Å². The number of pyridine rings is 1. The van der Waals surface area contributed by atoms with E-state index < -0.39 is 42.6 Å². The van der Waals surface area contributed by atoms with Crippen LogP contribution in [0.2, 0.25) is 0 Å². The lowest BCUT2D eigenvalue weighted by molar-refractivity contribution is -0.209. The van der Waals surface area contributed by atoms with Crippen LogP contribution in [0.15, 0.2) is 91.5 Å². The van der Waals surface area contributed by atoms with E-state index in [4.69, 9.17) is 14.7 Å². The number of nitrogens with zero attached hydrogens (tertiary/aromatic N) is 6. The van der Waals surface area contributed by atoms with Gasteiger partial charge in [0.1, 0.15) is 6.10 Å². The molecule has 2 fully saturated rings. The van der Waals surface area contributed by atoms with Gasteiger partial charge in [-0.2, -0.15) is 23.1 Å². The van der Waals surface area contributed by atoms with E-state index in [2.05, 4.69) is 36.0 Å². The molecule has 0 saturated carbocycles. The normalized spacial score (nSPS) is 20.6. The number of urea groups is 1. The fourth-order valence-corrected chi connectivity index (χ4v) is 7.02. The predicted octanol–water partition coefficient (Wildman–Crippen LogP) is 3.41. The first-order chi connectivity index (χ1) is 28.0. The van der Waals surface area contributed by atoms with Crippen molar-refractivity contribution in [3.8, 4) is 0 Å². The number of esters is 1. The van der Waals surface area contributed by atoms with Crippen molar-refractivity contribution in [3.63, 3.8) is 0 Å². The van der Waals surface area contributed by atoms with Crippen LogP contribution >= 0.6 is 0 Å². The Bertz CT molecular complexity index is 2160. The average Bonchev–Trinajstić information content (AvgIpc) is 3.95. The van der Waals surface area contributed by atoms with Crippen molar-refractivity contribution in [2.75, 3.05) is 36.4 Å². The van der Waals surface area contributed by atoms with E-state index in [1.54, 1.807) is 31.5 Å². The number of aromatic nitrogens is 5. The molecule has 2 aromatic carbocycles. The van der Waals surface area contributed by atoms with Crippen LogP contribution in [0.4, 0.5) is 29.7 Å². The summed E-state index contributed by atoms with van der Waals surface area (Å²) in [5, 5.41) is 23.1. The second-order valence-corrected chi connectivity index (χ2v) is 13.8. The number of ether oxygens (including phenoxy) is 2. The van der Waals surface area contributed by atoms with Gasteiger partial charge in [0.15, 0.2) is 35.4 Å². The van der Waals surface area contributed by atoms with Crippen molar-refractivity contribution in [3.05, 3.63) is 108 Å². The fraction of sp³-hybridized carbons (Fsp3) is 0.359. The molecular formula is C39H41F3N10O6. The minimum absolute atomic E-state index is 0.0874. The molecule has 2 aliphatic heterocycles. The number of amides is 3. The molecule has 5 N–H and O–H groups in total. The molecule has 0 unspecified atom stereocenters. The molecule has 304 valence electrons. The number of imidazole rings is 1. The summed E-state index contributed by atoms with van der Waals surface area (Å²) in [6, 6.07) is 22.7. The summed E-state index contributed by atoms with van der Waals surface area (Å²) in [6.07, 6.45) is -7.61. The third-order valence-electron chi connectivity index (χ3n) is 9.87. The average molecular weight is 803 g/mol. The van der Waals surface area contributed by atoms with Gasteiger partial charge in [-0.25, -0.2) is 14.6 Å². The number of fused-ring (bicyclic) bond motifs is 1. The number of likely N-dealkylation sites (N-methyl/N-ethyl adjacent to an activating group) is 1. The summed E-state index contributed by atoms with van der Waals surface area (Å²) >= 11 is 0. The summed E-state index contributed by atoms with van der Waals surface area (Å²) in [5.74, 6) is -3.08. The van der Waals surface area contributed by atoms with Crippen LogP contribution in [0, 0.1) is 0 Å². The minimum atomic E-state index is -5.39. The molecule has 19 heteroatoms. The summed E-state index contributed by atoms with van der Waals surface area (Å²) in [6.45, 7) is 3.11. The Balaban J connectivity index is 1.20.